The molecule has 0 aromatic heterocycles. The van der Waals surface area contributed by atoms with E-state index < -0.39 is 0 Å². The van der Waals surface area contributed by atoms with Gasteiger partial charge in [0.2, 0.25) is 0 Å². The van der Waals surface area contributed by atoms with Gasteiger partial charge in [-0.25, -0.2) is 0 Å². The standard InChI is InChI=1S/C13H26N2O/c1-2-15-8-9-16-13(11-15)10-14-12-6-4-3-5-7-12/h12-14H,2-11H2,1H3. The molecule has 1 N–H and O–H groups in total. The molecule has 0 aromatic carbocycles. The quantitative estimate of drug-likeness (QED) is 0.788. The van der Waals surface area contributed by atoms with Crippen molar-refractivity contribution in [1.29, 1.82) is 0 Å². The maximum Gasteiger partial charge on any atom is 0.0826 e. The van der Waals surface area contributed by atoms with Crippen LogP contribution in [0.15, 0.2) is 0 Å². The van der Waals surface area contributed by atoms with E-state index in [-0.39, 0.29) is 0 Å². The highest BCUT2D eigenvalue weighted by molar-refractivity contribution is 4.77. The van der Waals surface area contributed by atoms with Crippen LogP contribution in [0.4, 0.5) is 0 Å². The number of nitrogens with zero attached hydrogens (tertiary/aromatic N) is 1. The SMILES string of the molecule is CCN1CCOC(CNC2CCCCC2)C1. The van der Waals surface area contributed by atoms with E-state index in [2.05, 4.69) is 17.1 Å². The molecule has 1 atom stereocenters. The smallest absolute Gasteiger partial charge is 0.0826 e. The number of likely N-dealkylation sites (N-methyl/N-ethyl adjacent to an activating group) is 1. The molecule has 2 fully saturated rings. The van der Waals surface area contributed by atoms with Gasteiger partial charge in [0.25, 0.3) is 0 Å². The van der Waals surface area contributed by atoms with Crippen LogP contribution in [-0.4, -0.2) is 49.8 Å². The molecule has 0 bridgehead atoms. The van der Waals surface area contributed by atoms with E-state index >= 15 is 0 Å². The summed E-state index contributed by atoms with van der Waals surface area (Å²) in [5.41, 5.74) is 0. The summed E-state index contributed by atoms with van der Waals surface area (Å²) >= 11 is 0. The number of nitrogens with one attached hydrogen (secondary N) is 1. The normalized spacial score (nSPS) is 29.4. The van der Waals surface area contributed by atoms with Crippen LogP contribution in [0, 0.1) is 0 Å². The van der Waals surface area contributed by atoms with Gasteiger partial charge in [-0.2, -0.15) is 0 Å². The highest BCUT2D eigenvalue weighted by atomic mass is 16.5. The third kappa shape index (κ3) is 3.72. The Balaban J connectivity index is 1.64. The first-order chi connectivity index (χ1) is 7.88. The molecular formula is C13H26N2O. The first kappa shape index (κ1) is 12.3. The summed E-state index contributed by atoms with van der Waals surface area (Å²) in [7, 11) is 0. The number of hydrogen-bond donors (Lipinski definition) is 1. The van der Waals surface area contributed by atoms with Crippen LogP contribution >= 0.6 is 0 Å². The van der Waals surface area contributed by atoms with Crippen LogP contribution in [0.25, 0.3) is 0 Å². The summed E-state index contributed by atoms with van der Waals surface area (Å²) in [5.74, 6) is 0. The first-order valence-corrected chi connectivity index (χ1v) is 6.96. The molecule has 1 aliphatic heterocycles. The van der Waals surface area contributed by atoms with Crippen molar-refractivity contribution < 1.29 is 4.74 Å². The lowest BCUT2D eigenvalue weighted by atomic mass is 9.95. The van der Waals surface area contributed by atoms with E-state index in [0.717, 1.165) is 38.8 Å². The van der Waals surface area contributed by atoms with Crippen LogP contribution in [0.1, 0.15) is 39.0 Å². The number of morpholine rings is 1. The van der Waals surface area contributed by atoms with Gasteiger partial charge >= 0.3 is 0 Å². The molecular weight excluding hydrogens is 200 g/mol. The van der Waals surface area contributed by atoms with Crippen LogP contribution in [0.2, 0.25) is 0 Å². The van der Waals surface area contributed by atoms with Crippen LogP contribution in [0.5, 0.6) is 0 Å². The third-order valence-electron chi connectivity index (χ3n) is 3.91. The van der Waals surface area contributed by atoms with E-state index in [9.17, 15) is 0 Å². The van der Waals surface area contributed by atoms with E-state index in [1.54, 1.807) is 0 Å². The highest BCUT2D eigenvalue weighted by Crippen LogP contribution is 2.17. The Bertz CT molecular complexity index is 192. The van der Waals surface area contributed by atoms with Gasteiger partial charge in [0.15, 0.2) is 0 Å². The molecule has 0 aromatic rings. The van der Waals surface area contributed by atoms with Gasteiger partial charge in [0.05, 0.1) is 12.7 Å². The van der Waals surface area contributed by atoms with Crippen molar-refractivity contribution in [3.63, 3.8) is 0 Å². The average Bonchev–Trinajstić information content (AvgIpc) is 2.38. The lowest BCUT2D eigenvalue weighted by Crippen LogP contribution is -2.48. The Morgan fingerprint density at radius 3 is 2.81 bits per heavy atom. The molecule has 1 aliphatic carbocycles. The molecule has 94 valence electrons. The topological polar surface area (TPSA) is 24.5 Å². The van der Waals surface area contributed by atoms with E-state index in [0.29, 0.717) is 6.10 Å². The van der Waals surface area contributed by atoms with Crippen LogP contribution < -0.4 is 5.32 Å². The van der Waals surface area contributed by atoms with Gasteiger partial charge in [0, 0.05) is 25.7 Å². The molecule has 2 rings (SSSR count). The summed E-state index contributed by atoms with van der Waals surface area (Å²) in [6.45, 7) is 7.55. The summed E-state index contributed by atoms with van der Waals surface area (Å²) in [6, 6.07) is 0.759. The highest BCUT2D eigenvalue weighted by Gasteiger charge is 2.20. The van der Waals surface area contributed by atoms with E-state index in [1.807, 2.05) is 0 Å². The molecule has 2 aliphatic rings. The van der Waals surface area contributed by atoms with E-state index in [4.69, 9.17) is 4.74 Å². The summed E-state index contributed by atoms with van der Waals surface area (Å²) in [6.07, 6.45) is 7.39. The molecule has 1 saturated heterocycles. The summed E-state index contributed by atoms with van der Waals surface area (Å²) in [5, 5.41) is 3.68. The van der Waals surface area contributed by atoms with Crippen molar-refractivity contribution in [2.24, 2.45) is 0 Å². The third-order valence-corrected chi connectivity index (χ3v) is 3.91. The molecule has 3 heteroatoms. The largest absolute Gasteiger partial charge is 0.374 e. The van der Waals surface area contributed by atoms with Crippen LogP contribution in [-0.2, 0) is 4.74 Å². The monoisotopic (exact) mass is 226 g/mol. The minimum atomic E-state index is 0.413. The Labute approximate surface area is 99.5 Å². The molecule has 0 spiro atoms. The Morgan fingerprint density at radius 1 is 1.25 bits per heavy atom. The number of rotatable bonds is 4. The summed E-state index contributed by atoms with van der Waals surface area (Å²) in [4.78, 5) is 2.48. The maximum atomic E-state index is 5.80. The second-order valence-electron chi connectivity index (χ2n) is 5.13. The first-order valence-electron chi connectivity index (χ1n) is 6.96. The molecule has 1 saturated carbocycles. The second-order valence-corrected chi connectivity index (χ2v) is 5.13. The molecule has 3 nitrogen and oxygen atoms in total. The zero-order chi connectivity index (χ0) is 11.2. The molecule has 0 radical (unpaired) electrons. The predicted molar refractivity (Wildman–Crippen MR) is 66.7 cm³/mol. The van der Waals surface area contributed by atoms with Crippen molar-refractivity contribution in [3.05, 3.63) is 0 Å². The second kappa shape index (κ2) is 6.58. The molecule has 1 unspecified atom stereocenters. The minimum absolute atomic E-state index is 0.413. The van der Waals surface area contributed by atoms with Gasteiger partial charge < -0.3 is 10.1 Å². The van der Waals surface area contributed by atoms with Crippen molar-refractivity contribution in [2.75, 3.05) is 32.8 Å². The Kier molecular flexibility index (Phi) is 5.07. The lowest BCUT2D eigenvalue weighted by Gasteiger charge is -2.33. The van der Waals surface area contributed by atoms with Crippen LogP contribution in [0.3, 0.4) is 0 Å². The molecule has 1 heterocycles. The predicted octanol–water partition coefficient (Wildman–Crippen LogP) is 1.63. The van der Waals surface area contributed by atoms with Gasteiger partial charge in [-0.15, -0.1) is 0 Å². The summed E-state index contributed by atoms with van der Waals surface area (Å²) < 4.78 is 5.80. The van der Waals surface area contributed by atoms with Crippen molar-refractivity contribution in [3.8, 4) is 0 Å². The number of hydrogen-bond acceptors (Lipinski definition) is 3. The fourth-order valence-electron chi connectivity index (χ4n) is 2.80. The van der Waals surface area contributed by atoms with Crippen molar-refractivity contribution >= 4 is 0 Å². The van der Waals surface area contributed by atoms with Gasteiger partial charge in [0.1, 0.15) is 0 Å². The fourth-order valence-corrected chi connectivity index (χ4v) is 2.80. The van der Waals surface area contributed by atoms with Crippen molar-refractivity contribution in [2.45, 2.75) is 51.2 Å². The van der Waals surface area contributed by atoms with E-state index in [1.165, 1.54) is 32.1 Å². The lowest BCUT2D eigenvalue weighted by molar-refractivity contribution is -0.0267. The Morgan fingerprint density at radius 2 is 2.06 bits per heavy atom. The van der Waals surface area contributed by atoms with Gasteiger partial charge in [-0.1, -0.05) is 26.2 Å². The minimum Gasteiger partial charge on any atom is -0.374 e. The fraction of sp³-hybridized carbons (Fsp3) is 1.00. The van der Waals surface area contributed by atoms with Gasteiger partial charge in [-0.3, -0.25) is 4.90 Å². The van der Waals surface area contributed by atoms with Crippen molar-refractivity contribution in [1.82, 2.24) is 10.2 Å². The average molecular weight is 226 g/mol. The number of ether oxygens (including phenoxy) is 1. The zero-order valence-corrected chi connectivity index (χ0v) is 10.6. The zero-order valence-electron chi connectivity index (χ0n) is 10.6. The molecule has 16 heavy (non-hydrogen) atoms. The maximum absolute atomic E-state index is 5.80. The molecule has 0 amide bonds. The Hall–Kier alpha value is -0.120. The van der Waals surface area contributed by atoms with Gasteiger partial charge in [-0.05, 0) is 19.4 Å².